The molecule has 0 radical (unpaired) electrons. The third-order valence-corrected chi connectivity index (χ3v) is 2.40. The largest absolute Gasteiger partial charge is 0.493 e. The molecule has 1 rings (SSSR count). The Morgan fingerprint density at radius 2 is 2.12 bits per heavy atom. The molecule has 0 fully saturated rings. The molecule has 0 bridgehead atoms. The molecular formula is C12H17NO4. The van der Waals surface area contributed by atoms with E-state index in [-0.39, 0.29) is 0 Å². The van der Waals surface area contributed by atoms with E-state index in [1.165, 1.54) is 14.2 Å². The number of carboxylic acids is 1. The fourth-order valence-corrected chi connectivity index (χ4v) is 1.67. The number of likely N-dealkylation sites (N-methyl/N-ethyl adjacent to an activating group) is 1. The Bertz CT molecular complexity index is 392. The fraction of sp³-hybridized carbons (Fsp3) is 0.417. The number of hydrogen-bond donors (Lipinski definition) is 2. The van der Waals surface area contributed by atoms with Gasteiger partial charge >= 0.3 is 5.97 Å². The minimum atomic E-state index is -0.946. The van der Waals surface area contributed by atoms with Gasteiger partial charge in [0.2, 0.25) is 0 Å². The first kappa shape index (κ1) is 13.3. The van der Waals surface area contributed by atoms with Gasteiger partial charge in [-0.2, -0.15) is 0 Å². The van der Waals surface area contributed by atoms with Crippen molar-refractivity contribution in [1.82, 2.24) is 5.32 Å². The highest BCUT2D eigenvalue weighted by molar-refractivity contribution is 5.77. The van der Waals surface area contributed by atoms with Gasteiger partial charge in [-0.25, -0.2) is 0 Å². The van der Waals surface area contributed by atoms with Gasteiger partial charge in [0, 0.05) is 5.56 Å². The van der Waals surface area contributed by atoms with Crippen molar-refractivity contribution in [2.45, 2.75) is 13.0 Å². The maximum Gasteiger partial charge on any atom is 0.325 e. The van der Waals surface area contributed by atoms with Gasteiger partial charge in [-0.15, -0.1) is 0 Å². The Hall–Kier alpha value is -1.75. The smallest absolute Gasteiger partial charge is 0.325 e. The topological polar surface area (TPSA) is 67.8 Å². The van der Waals surface area contributed by atoms with Crippen LogP contribution < -0.4 is 14.8 Å². The van der Waals surface area contributed by atoms with Gasteiger partial charge < -0.3 is 19.9 Å². The van der Waals surface area contributed by atoms with Crippen LogP contribution in [0.2, 0.25) is 0 Å². The highest BCUT2D eigenvalue weighted by Crippen LogP contribution is 2.34. The van der Waals surface area contributed by atoms with Crippen LogP contribution in [-0.2, 0) is 4.79 Å². The highest BCUT2D eigenvalue weighted by Gasteiger charge is 2.24. The van der Waals surface area contributed by atoms with Crippen LogP contribution in [0.1, 0.15) is 18.5 Å². The van der Waals surface area contributed by atoms with Crippen LogP contribution in [0.5, 0.6) is 11.5 Å². The van der Waals surface area contributed by atoms with E-state index in [0.717, 1.165) is 0 Å². The first-order valence-corrected chi connectivity index (χ1v) is 5.32. The Morgan fingerprint density at radius 3 is 2.59 bits per heavy atom. The number of ether oxygens (including phenoxy) is 2. The summed E-state index contributed by atoms with van der Waals surface area (Å²) in [6.07, 6.45) is 0. The zero-order chi connectivity index (χ0) is 12.8. The van der Waals surface area contributed by atoms with Gasteiger partial charge in [0.05, 0.1) is 14.2 Å². The summed E-state index contributed by atoms with van der Waals surface area (Å²) < 4.78 is 10.4. The van der Waals surface area contributed by atoms with Gasteiger partial charge in [-0.3, -0.25) is 4.79 Å². The minimum Gasteiger partial charge on any atom is -0.493 e. The molecule has 1 atom stereocenters. The predicted molar refractivity (Wildman–Crippen MR) is 63.6 cm³/mol. The van der Waals surface area contributed by atoms with E-state index in [9.17, 15) is 9.90 Å². The zero-order valence-electron chi connectivity index (χ0n) is 10.2. The standard InChI is InChI=1S/C12H17NO4/c1-4-13-10(12(14)15)8-6-5-7-9(16-2)11(8)17-3/h5-7,10,13H,4H2,1-3H3,(H,14,15). The van der Waals surface area contributed by atoms with Crippen molar-refractivity contribution in [3.05, 3.63) is 23.8 Å². The first-order valence-electron chi connectivity index (χ1n) is 5.32. The van der Waals surface area contributed by atoms with E-state index in [2.05, 4.69) is 5.32 Å². The summed E-state index contributed by atoms with van der Waals surface area (Å²) >= 11 is 0. The summed E-state index contributed by atoms with van der Waals surface area (Å²) in [5, 5.41) is 12.1. The molecule has 0 aliphatic heterocycles. The van der Waals surface area contributed by atoms with Gasteiger partial charge in [0.15, 0.2) is 11.5 Å². The highest BCUT2D eigenvalue weighted by atomic mass is 16.5. The van der Waals surface area contributed by atoms with Crippen molar-refractivity contribution in [3.63, 3.8) is 0 Å². The maximum absolute atomic E-state index is 11.2. The average molecular weight is 239 g/mol. The van der Waals surface area contributed by atoms with Crippen LogP contribution in [0.25, 0.3) is 0 Å². The lowest BCUT2D eigenvalue weighted by molar-refractivity contribution is -0.139. The van der Waals surface area contributed by atoms with Crippen molar-refractivity contribution < 1.29 is 19.4 Å². The molecule has 0 saturated heterocycles. The van der Waals surface area contributed by atoms with Gasteiger partial charge in [-0.1, -0.05) is 19.1 Å². The van der Waals surface area contributed by atoms with Crippen LogP contribution in [0.3, 0.4) is 0 Å². The van der Waals surface area contributed by atoms with Crippen molar-refractivity contribution >= 4 is 5.97 Å². The van der Waals surface area contributed by atoms with Crippen LogP contribution in [0.15, 0.2) is 18.2 Å². The molecule has 0 aromatic heterocycles. The summed E-state index contributed by atoms with van der Waals surface area (Å²) in [7, 11) is 3.01. The molecule has 5 heteroatoms. The third kappa shape index (κ3) is 2.88. The van der Waals surface area contributed by atoms with E-state index < -0.39 is 12.0 Å². The summed E-state index contributed by atoms with van der Waals surface area (Å²) in [4.78, 5) is 11.2. The zero-order valence-corrected chi connectivity index (χ0v) is 10.2. The number of carbonyl (C=O) groups is 1. The van der Waals surface area contributed by atoms with Gasteiger partial charge in [0.1, 0.15) is 6.04 Å². The summed E-state index contributed by atoms with van der Waals surface area (Å²) in [5.74, 6) is 0.0240. The number of rotatable bonds is 6. The predicted octanol–water partition coefficient (Wildman–Crippen LogP) is 1.44. The quantitative estimate of drug-likeness (QED) is 0.786. The maximum atomic E-state index is 11.2. The van der Waals surface area contributed by atoms with Gasteiger partial charge in [0.25, 0.3) is 0 Å². The van der Waals surface area contributed by atoms with E-state index in [1.54, 1.807) is 18.2 Å². The van der Waals surface area contributed by atoms with E-state index in [0.29, 0.717) is 23.6 Å². The van der Waals surface area contributed by atoms with Crippen LogP contribution >= 0.6 is 0 Å². The summed E-state index contributed by atoms with van der Waals surface area (Å²) in [6.45, 7) is 2.40. The molecule has 94 valence electrons. The fourth-order valence-electron chi connectivity index (χ4n) is 1.67. The van der Waals surface area contributed by atoms with Crippen molar-refractivity contribution in [3.8, 4) is 11.5 Å². The first-order chi connectivity index (χ1) is 8.15. The molecule has 17 heavy (non-hydrogen) atoms. The number of benzene rings is 1. The van der Waals surface area contributed by atoms with Crippen LogP contribution in [-0.4, -0.2) is 31.8 Å². The third-order valence-electron chi connectivity index (χ3n) is 2.40. The second-order valence-corrected chi connectivity index (χ2v) is 3.41. The minimum absolute atomic E-state index is 0.448. The molecule has 2 N–H and O–H groups in total. The number of hydrogen-bond acceptors (Lipinski definition) is 4. The monoisotopic (exact) mass is 239 g/mol. The van der Waals surface area contributed by atoms with Crippen molar-refractivity contribution in [1.29, 1.82) is 0 Å². The van der Waals surface area contributed by atoms with Crippen molar-refractivity contribution in [2.24, 2.45) is 0 Å². The molecule has 1 unspecified atom stereocenters. The second-order valence-electron chi connectivity index (χ2n) is 3.41. The molecule has 0 aliphatic rings. The molecule has 0 amide bonds. The molecule has 0 saturated carbocycles. The number of nitrogens with one attached hydrogen (secondary N) is 1. The molecule has 1 aromatic rings. The van der Waals surface area contributed by atoms with E-state index in [1.807, 2.05) is 6.92 Å². The van der Waals surface area contributed by atoms with Crippen LogP contribution in [0, 0.1) is 0 Å². The Labute approximate surface area is 100 Å². The lowest BCUT2D eigenvalue weighted by atomic mass is 10.1. The van der Waals surface area contributed by atoms with Crippen LogP contribution in [0.4, 0.5) is 0 Å². The Balaban J connectivity index is 3.22. The molecule has 0 heterocycles. The van der Waals surface area contributed by atoms with E-state index in [4.69, 9.17) is 9.47 Å². The number of aliphatic carboxylic acids is 1. The molecule has 0 spiro atoms. The Morgan fingerprint density at radius 1 is 1.41 bits per heavy atom. The summed E-state index contributed by atoms with van der Waals surface area (Å²) in [6, 6.07) is 4.38. The Kier molecular flexibility index (Phi) is 4.78. The molecule has 0 aliphatic carbocycles. The lowest BCUT2D eigenvalue weighted by Crippen LogP contribution is -2.28. The van der Waals surface area contributed by atoms with Crippen molar-refractivity contribution in [2.75, 3.05) is 20.8 Å². The number of methoxy groups -OCH3 is 2. The lowest BCUT2D eigenvalue weighted by Gasteiger charge is -2.18. The number of carboxylic acid groups (broad SMARTS) is 1. The van der Waals surface area contributed by atoms with E-state index >= 15 is 0 Å². The number of para-hydroxylation sites is 1. The average Bonchev–Trinajstić information content (AvgIpc) is 2.34. The summed E-state index contributed by atoms with van der Waals surface area (Å²) in [5.41, 5.74) is 0.557. The normalized spacial score (nSPS) is 11.9. The van der Waals surface area contributed by atoms with Gasteiger partial charge in [-0.05, 0) is 12.6 Å². The molecule has 5 nitrogen and oxygen atoms in total. The molecular weight excluding hydrogens is 222 g/mol. The molecule has 1 aromatic carbocycles. The second kappa shape index (κ2) is 6.10. The SMILES string of the molecule is CCNC(C(=O)O)c1cccc(OC)c1OC.